The summed E-state index contributed by atoms with van der Waals surface area (Å²) in [6, 6.07) is 7.25. The van der Waals surface area contributed by atoms with Gasteiger partial charge in [0, 0.05) is 19.0 Å². The molecule has 7 heteroatoms. The van der Waals surface area contributed by atoms with Crippen molar-refractivity contribution < 1.29 is 9.59 Å². The van der Waals surface area contributed by atoms with E-state index in [1.807, 2.05) is 30.5 Å². The molecule has 2 aromatic rings. The lowest BCUT2D eigenvalue weighted by atomic mass is 10.0. The van der Waals surface area contributed by atoms with Crippen LogP contribution in [0.25, 0.3) is 0 Å². The third kappa shape index (κ3) is 4.66. The molecule has 23 heavy (non-hydrogen) atoms. The van der Waals surface area contributed by atoms with Gasteiger partial charge < -0.3 is 9.88 Å². The van der Waals surface area contributed by atoms with Crippen molar-refractivity contribution in [3.63, 3.8) is 0 Å². The van der Waals surface area contributed by atoms with Crippen LogP contribution >= 0.6 is 11.8 Å². The summed E-state index contributed by atoms with van der Waals surface area (Å²) in [5, 5.41) is 11.4. The molecule has 1 unspecified atom stereocenters. The van der Waals surface area contributed by atoms with Crippen molar-refractivity contribution in [3.8, 4) is 0 Å². The minimum atomic E-state index is -0.0749. The molecule has 0 saturated carbocycles. The van der Waals surface area contributed by atoms with Crippen LogP contribution in [-0.4, -0.2) is 32.2 Å². The second-order valence-electron chi connectivity index (χ2n) is 5.16. The lowest BCUT2D eigenvalue weighted by Gasteiger charge is -2.13. The van der Waals surface area contributed by atoms with Gasteiger partial charge in [0.05, 0.1) is 11.8 Å². The van der Waals surface area contributed by atoms with Crippen molar-refractivity contribution in [3.05, 3.63) is 41.7 Å². The summed E-state index contributed by atoms with van der Waals surface area (Å²) >= 11 is 1.38. The second kappa shape index (κ2) is 7.92. The van der Waals surface area contributed by atoms with Gasteiger partial charge in [0.15, 0.2) is 10.9 Å². The van der Waals surface area contributed by atoms with Crippen molar-refractivity contribution in [2.75, 3.05) is 5.75 Å². The molecule has 0 aliphatic heterocycles. The van der Waals surface area contributed by atoms with Gasteiger partial charge in [0.1, 0.15) is 6.33 Å². The molecule has 6 nitrogen and oxygen atoms in total. The fourth-order valence-corrected chi connectivity index (χ4v) is 3.01. The molecule has 1 N–H and O–H groups in total. The summed E-state index contributed by atoms with van der Waals surface area (Å²) in [5.74, 6) is 0.285. The molecular weight excluding hydrogens is 312 g/mol. The average molecular weight is 332 g/mol. The number of ketones is 1. The van der Waals surface area contributed by atoms with Crippen molar-refractivity contribution >= 4 is 23.5 Å². The molecule has 0 fully saturated rings. The Morgan fingerprint density at radius 3 is 2.61 bits per heavy atom. The number of Topliss-reactive ketones (excluding diaryl/α,β-unsaturated/α-hetero) is 1. The first-order valence-corrected chi connectivity index (χ1v) is 8.40. The lowest BCUT2D eigenvalue weighted by molar-refractivity contribution is -0.119. The number of carbonyl (C=O) groups excluding carboxylic acids is 2. The van der Waals surface area contributed by atoms with E-state index in [1.54, 1.807) is 18.5 Å². The van der Waals surface area contributed by atoms with Crippen LogP contribution in [0.15, 0.2) is 35.7 Å². The van der Waals surface area contributed by atoms with E-state index < -0.39 is 0 Å². The van der Waals surface area contributed by atoms with Gasteiger partial charge in [-0.05, 0) is 19.4 Å². The van der Waals surface area contributed by atoms with Gasteiger partial charge >= 0.3 is 0 Å². The number of rotatable bonds is 7. The molecule has 0 aliphatic carbocycles. The summed E-state index contributed by atoms with van der Waals surface area (Å²) in [5.41, 5.74) is 1.62. The van der Waals surface area contributed by atoms with E-state index in [-0.39, 0.29) is 17.7 Å². The number of amides is 1. The Hall–Kier alpha value is -2.15. The number of hydrogen-bond donors (Lipinski definition) is 1. The van der Waals surface area contributed by atoms with Crippen LogP contribution in [0.2, 0.25) is 0 Å². The maximum Gasteiger partial charge on any atom is 0.217 e. The minimum Gasteiger partial charge on any atom is -0.350 e. The van der Waals surface area contributed by atoms with Crippen LogP contribution in [0.5, 0.6) is 0 Å². The smallest absolute Gasteiger partial charge is 0.217 e. The van der Waals surface area contributed by atoms with Crippen LogP contribution in [0.1, 0.15) is 42.7 Å². The third-order valence-corrected chi connectivity index (χ3v) is 4.39. The van der Waals surface area contributed by atoms with Crippen molar-refractivity contribution in [1.82, 2.24) is 20.1 Å². The Morgan fingerprint density at radius 2 is 2.00 bits per heavy atom. The number of aromatic nitrogens is 3. The maximum atomic E-state index is 12.3. The van der Waals surface area contributed by atoms with Crippen molar-refractivity contribution in [1.29, 1.82) is 0 Å². The number of thioether (sulfide) groups is 1. The quantitative estimate of drug-likeness (QED) is 0.622. The fraction of sp³-hybridized carbons (Fsp3) is 0.375. The molecule has 1 amide bonds. The first kappa shape index (κ1) is 17.2. The maximum absolute atomic E-state index is 12.3. The van der Waals surface area contributed by atoms with E-state index in [9.17, 15) is 9.59 Å². The van der Waals surface area contributed by atoms with Crippen LogP contribution < -0.4 is 5.32 Å². The monoisotopic (exact) mass is 332 g/mol. The number of benzene rings is 1. The topological polar surface area (TPSA) is 76.9 Å². The van der Waals surface area contributed by atoms with E-state index >= 15 is 0 Å². The Bertz CT molecular complexity index is 682. The molecule has 1 heterocycles. The molecule has 2 rings (SSSR count). The van der Waals surface area contributed by atoms with Crippen molar-refractivity contribution in [2.45, 2.75) is 38.5 Å². The minimum absolute atomic E-state index is 0.0411. The highest BCUT2D eigenvalue weighted by Crippen LogP contribution is 2.18. The Balaban J connectivity index is 1.96. The molecule has 1 aromatic heterocycles. The van der Waals surface area contributed by atoms with Gasteiger partial charge in [0.25, 0.3) is 0 Å². The van der Waals surface area contributed by atoms with E-state index in [4.69, 9.17) is 0 Å². The first-order valence-electron chi connectivity index (χ1n) is 7.42. The number of hydrogen-bond acceptors (Lipinski definition) is 5. The van der Waals surface area contributed by atoms with Crippen LogP contribution in [0, 0.1) is 0 Å². The Morgan fingerprint density at radius 1 is 1.30 bits per heavy atom. The molecule has 0 spiro atoms. The van der Waals surface area contributed by atoms with Gasteiger partial charge in [-0.3, -0.25) is 9.59 Å². The summed E-state index contributed by atoms with van der Waals surface area (Å²) in [6.45, 7) is 6.18. The Labute approximate surface area is 139 Å². The third-order valence-electron chi connectivity index (χ3n) is 3.41. The zero-order chi connectivity index (χ0) is 16.8. The standard InChI is InChI=1S/C16H20N4O2S/c1-4-20-10-17-19-16(20)23-9-15(22)14-7-5-13(6-8-14)11(2)18-12(3)21/h5-8,10-11H,4,9H2,1-3H3,(H,18,21). The van der Waals surface area contributed by atoms with Crippen molar-refractivity contribution in [2.24, 2.45) is 0 Å². The normalized spacial score (nSPS) is 12.0. The molecule has 0 saturated heterocycles. The average Bonchev–Trinajstić information content (AvgIpc) is 2.99. The Kier molecular flexibility index (Phi) is 5.92. The number of carbonyl (C=O) groups is 2. The largest absolute Gasteiger partial charge is 0.350 e. The van der Waals surface area contributed by atoms with Gasteiger partial charge in [-0.15, -0.1) is 10.2 Å². The number of aryl methyl sites for hydroxylation is 1. The van der Waals surface area contributed by atoms with Crippen LogP contribution in [0.3, 0.4) is 0 Å². The molecule has 1 atom stereocenters. The highest BCUT2D eigenvalue weighted by atomic mass is 32.2. The number of nitrogens with zero attached hydrogens (tertiary/aromatic N) is 3. The predicted octanol–water partition coefficient (Wildman–Crippen LogP) is 2.47. The number of nitrogens with one attached hydrogen (secondary N) is 1. The summed E-state index contributed by atoms with van der Waals surface area (Å²) in [4.78, 5) is 23.3. The molecule has 1 aromatic carbocycles. The lowest BCUT2D eigenvalue weighted by Crippen LogP contribution is -2.23. The van der Waals surface area contributed by atoms with Gasteiger partial charge in [-0.2, -0.15) is 0 Å². The summed E-state index contributed by atoms with van der Waals surface area (Å²) in [6.07, 6.45) is 1.66. The van der Waals surface area contributed by atoms with Crippen LogP contribution in [0.4, 0.5) is 0 Å². The zero-order valence-corrected chi connectivity index (χ0v) is 14.3. The summed E-state index contributed by atoms with van der Waals surface area (Å²) < 4.78 is 1.90. The highest BCUT2D eigenvalue weighted by molar-refractivity contribution is 7.99. The molecule has 0 radical (unpaired) electrons. The van der Waals surface area contributed by atoms with Gasteiger partial charge in [-0.25, -0.2) is 0 Å². The molecular formula is C16H20N4O2S. The zero-order valence-electron chi connectivity index (χ0n) is 13.4. The summed E-state index contributed by atoms with van der Waals surface area (Å²) in [7, 11) is 0. The molecule has 0 aliphatic rings. The van der Waals surface area contributed by atoms with E-state index in [1.165, 1.54) is 18.7 Å². The highest BCUT2D eigenvalue weighted by Gasteiger charge is 2.11. The van der Waals surface area contributed by atoms with E-state index in [0.717, 1.165) is 17.3 Å². The molecule has 0 bridgehead atoms. The molecule has 122 valence electrons. The first-order chi connectivity index (χ1) is 11.0. The second-order valence-corrected chi connectivity index (χ2v) is 6.10. The van der Waals surface area contributed by atoms with Gasteiger partial charge in [-0.1, -0.05) is 36.0 Å². The predicted molar refractivity (Wildman–Crippen MR) is 89.4 cm³/mol. The van der Waals surface area contributed by atoms with E-state index in [2.05, 4.69) is 15.5 Å². The van der Waals surface area contributed by atoms with Gasteiger partial charge in [0.2, 0.25) is 5.91 Å². The SMILES string of the molecule is CCn1cnnc1SCC(=O)c1ccc(C(C)NC(C)=O)cc1. The van der Waals surface area contributed by atoms with E-state index in [0.29, 0.717) is 11.3 Å². The van der Waals surface area contributed by atoms with Crippen LogP contribution in [-0.2, 0) is 11.3 Å². The fourth-order valence-electron chi connectivity index (χ4n) is 2.13.